The van der Waals surface area contributed by atoms with Crippen molar-refractivity contribution in [2.45, 2.75) is 30.7 Å². The number of aliphatic hydroxyl groups excluding tert-OH is 1. The van der Waals surface area contributed by atoms with Gasteiger partial charge in [-0.25, -0.2) is 13.7 Å². The van der Waals surface area contributed by atoms with Crippen LogP contribution in [0.25, 0.3) is 0 Å². The van der Waals surface area contributed by atoms with Crippen molar-refractivity contribution in [3.05, 3.63) is 0 Å². The molecule has 1 aliphatic heterocycles. The summed E-state index contributed by atoms with van der Waals surface area (Å²) in [6, 6.07) is -1.12. The summed E-state index contributed by atoms with van der Waals surface area (Å²) in [5.74, 6) is 0. The van der Waals surface area contributed by atoms with Crippen molar-refractivity contribution >= 4 is 31.3 Å². The van der Waals surface area contributed by atoms with Crippen molar-refractivity contribution in [1.82, 2.24) is 0 Å². The minimum atomic E-state index is -5.60. The molecule has 0 amide bonds. The highest BCUT2D eigenvalue weighted by Gasteiger charge is 2.49. The summed E-state index contributed by atoms with van der Waals surface area (Å²) < 4.78 is 49.3. The summed E-state index contributed by atoms with van der Waals surface area (Å²) in [5, 5.41) is 9.82. The zero-order valence-corrected chi connectivity index (χ0v) is 14.2. The zero-order valence-electron chi connectivity index (χ0n) is 11.5. The Morgan fingerprint density at radius 2 is 1.70 bits per heavy atom. The summed E-state index contributed by atoms with van der Waals surface area (Å²) >= 11 is 0. The molecule has 1 rings (SSSR count). The molecule has 7 N–H and O–H groups in total. The Kier molecular flexibility index (Phi) is 6.45. The second-order valence-electron chi connectivity index (χ2n) is 4.79. The zero-order chi connectivity index (χ0) is 18.3. The van der Waals surface area contributed by atoms with Crippen LogP contribution in [0.4, 0.5) is 0 Å². The molecular formula is C6H15BNO12P3. The van der Waals surface area contributed by atoms with Gasteiger partial charge >= 0.3 is 23.5 Å². The van der Waals surface area contributed by atoms with E-state index < -0.39 is 53.8 Å². The molecule has 0 aromatic heterocycles. The van der Waals surface area contributed by atoms with E-state index in [1.807, 2.05) is 0 Å². The third-order valence-corrected chi connectivity index (χ3v) is 6.54. The van der Waals surface area contributed by atoms with E-state index >= 15 is 0 Å². The van der Waals surface area contributed by atoms with E-state index in [0.29, 0.717) is 0 Å². The number of phosphoric ester groups is 1. The second kappa shape index (κ2) is 6.93. The van der Waals surface area contributed by atoms with Gasteiger partial charge in [-0.2, -0.15) is 8.62 Å². The first-order chi connectivity index (χ1) is 10.1. The molecule has 1 heterocycles. The van der Waals surface area contributed by atoms with Gasteiger partial charge in [-0.05, 0) is 6.92 Å². The largest absolute Gasteiger partial charge is 0.490 e. The number of phosphoric acid groups is 3. The molecule has 0 saturated carbocycles. The molecule has 6 atom stereocenters. The van der Waals surface area contributed by atoms with Crippen LogP contribution in [0.15, 0.2) is 0 Å². The molecule has 1 fully saturated rings. The monoisotopic (exact) mass is 397 g/mol. The lowest BCUT2D eigenvalue weighted by atomic mass is 9.80. The fraction of sp³-hybridized carbons (Fsp3) is 1.00. The normalized spacial score (nSPS) is 37.3. The van der Waals surface area contributed by atoms with Crippen molar-refractivity contribution in [1.29, 1.82) is 0 Å². The summed E-state index contributed by atoms with van der Waals surface area (Å²) in [6.07, 6.45) is -2.66. The maximum atomic E-state index is 11.5. The van der Waals surface area contributed by atoms with Gasteiger partial charge in [0.2, 0.25) is 0 Å². The van der Waals surface area contributed by atoms with Crippen LogP contribution in [0.5, 0.6) is 0 Å². The van der Waals surface area contributed by atoms with Gasteiger partial charge in [0.15, 0.2) is 0 Å². The predicted molar refractivity (Wildman–Crippen MR) is 72.8 cm³/mol. The van der Waals surface area contributed by atoms with Crippen molar-refractivity contribution in [2.24, 2.45) is 5.73 Å². The lowest BCUT2D eigenvalue weighted by Gasteiger charge is -2.26. The van der Waals surface area contributed by atoms with Crippen LogP contribution < -0.4 is 5.73 Å². The van der Waals surface area contributed by atoms with Crippen LogP contribution >= 0.6 is 23.5 Å². The third kappa shape index (κ3) is 6.30. The minimum absolute atomic E-state index is 0.828. The van der Waals surface area contributed by atoms with E-state index in [2.05, 4.69) is 13.1 Å². The third-order valence-electron chi connectivity index (χ3n) is 2.74. The van der Waals surface area contributed by atoms with Gasteiger partial charge in [-0.15, -0.1) is 0 Å². The van der Waals surface area contributed by atoms with Gasteiger partial charge < -0.3 is 35.2 Å². The molecule has 134 valence electrons. The molecule has 13 nitrogen and oxygen atoms in total. The number of rotatable bonds is 7. The number of aliphatic hydroxyl groups is 1. The Hall–Kier alpha value is 0.355. The summed E-state index contributed by atoms with van der Waals surface area (Å²) in [5.41, 5.74) is 4.27. The molecule has 0 aromatic rings. The Morgan fingerprint density at radius 1 is 1.17 bits per heavy atom. The van der Waals surface area contributed by atoms with Crippen LogP contribution in [0.2, 0.25) is 0 Å². The average Bonchev–Trinajstić information content (AvgIpc) is 2.45. The molecule has 0 spiro atoms. The summed E-state index contributed by atoms with van der Waals surface area (Å²) in [6.45, 7) is 0.526. The molecule has 0 bridgehead atoms. The van der Waals surface area contributed by atoms with Crippen molar-refractivity contribution in [3.63, 3.8) is 0 Å². The number of hydrogen-bond acceptors (Lipinski definition) is 9. The highest BCUT2D eigenvalue weighted by molar-refractivity contribution is 7.66. The number of nitrogens with two attached hydrogens (primary N) is 1. The highest BCUT2D eigenvalue weighted by atomic mass is 31.3. The van der Waals surface area contributed by atoms with Crippen LogP contribution in [0.3, 0.4) is 0 Å². The first kappa shape index (κ1) is 21.4. The molecule has 0 aromatic carbocycles. The molecule has 2 radical (unpaired) electrons. The smallest absolute Gasteiger partial charge is 0.388 e. The Labute approximate surface area is 131 Å². The fourth-order valence-electron chi connectivity index (χ4n) is 1.58. The molecule has 17 heteroatoms. The van der Waals surface area contributed by atoms with Crippen LogP contribution in [-0.4, -0.2) is 62.9 Å². The van der Waals surface area contributed by atoms with E-state index in [9.17, 15) is 23.7 Å². The van der Waals surface area contributed by atoms with E-state index in [-0.39, 0.29) is 0 Å². The topological polar surface area (TPSA) is 215 Å². The first-order valence-electron chi connectivity index (χ1n) is 5.72. The lowest BCUT2D eigenvalue weighted by molar-refractivity contribution is -0.00545. The predicted octanol–water partition coefficient (Wildman–Crippen LogP) is -1.70. The van der Waals surface area contributed by atoms with Gasteiger partial charge in [-0.3, -0.25) is 4.52 Å². The summed E-state index contributed by atoms with van der Waals surface area (Å²) in [7, 11) is -10.9. The van der Waals surface area contributed by atoms with Crippen molar-refractivity contribution < 1.29 is 56.3 Å². The van der Waals surface area contributed by atoms with Crippen LogP contribution in [0, 0.1) is 0 Å². The maximum Gasteiger partial charge on any atom is 0.490 e. The molecule has 1 aliphatic rings. The van der Waals surface area contributed by atoms with Gasteiger partial charge in [0, 0.05) is 6.00 Å². The molecule has 2 unspecified atom stereocenters. The average molecular weight is 397 g/mol. The van der Waals surface area contributed by atoms with Gasteiger partial charge in [0.05, 0.1) is 12.1 Å². The van der Waals surface area contributed by atoms with Gasteiger partial charge in [0.25, 0.3) is 0 Å². The molecular weight excluding hydrogens is 382 g/mol. The van der Waals surface area contributed by atoms with E-state index in [4.69, 9.17) is 33.0 Å². The van der Waals surface area contributed by atoms with E-state index in [1.54, 1.807) is 0 Å². The van der Waals surface area contributed by atoms with Gasteiger partial charge in [0.1, 0.15) is 20.1 Å². The maximum absolute atomic E-state index is 11.5. The SMILES string of the molecule is [B][C@@H]1O[C@H](COP(=O)(O)OP(=O)(O)OP(=O)(O)O)[C@@H](O)[C@@]1(C)N. The Morgan fingerprint density at radius 3 is 2.09 bits per heavy atom. The van der Waals surface area contributed by atoms with Gasteiger partial charge in [-0.1, -0.05) is 0 Å². The van der Waals surface area contributed by atoms with Crippen molar-refractivity contribution in [3.8, 4) is 0 Å². The van der Waals surface area contributed by atoms with Crippen LogP contribution in [-0.2, 0) is 31.6 Å². The standard InChI is InChI=1S/C6H15BNO12P3/c1-6(8)4(9)3(18-5(6)7)2-17-22(13,14)20-23(15,16)19-21(10,11)12/h3-5,9H,2,8H2,1H3,(H,13,14)(H,15,16)(H2,10,11,12)/t3-,4-,5-,6-/m1/s1. The van der Waals surface area contributed by atoms with E-state index in [1.165, 1.54) is 6.92 Å². The quantitative estimate of drug-likeness (QED) is 0.209. The summed E-state index contributed by atoms with van der Waals surface area (Å²) in [4.78, 5) is 34.9. The molecule has 0 aliphatic carbocycles. The number of ether oxygens (including phenoxy) is 1. The minimum Gasteiger partial charge on any atom is -0.388 e. The number of hydrogen-bond donors (Lipinski definition) is 6. The Bertz CT molecular complexity index is 577. The molecule has 1 saturated heterocycles. The van der Waals surface area contributed by atoms with Crippen molar-refractivity contribution in [2.75, 3.05) is 6.61 Å². The second-order valence-corrected chi connectivity index (χ2v) is 9.21. The highest BCUT2D eigenvalue weighted by Crippen LogP contribution is 2.66. The van der Waals surface area contributed by atoms with Crippen LogP contribution in [0.1, 0.15) is 6.92 Å². The first-order valence-corrected chi connectivity index (χ1v) is 10.2. The lowest BCUT2D eigenvalue weighted by Crippen LogP contribution is -2.54. The molecule has 23 heavy (non-hydrogen) atoms. The fourth-order valence-corrected chi connectivity index (χ4v) is 4.61. The Balaban J connectivity index is 2.65. The van der Waals surface area contributed by atoms with E-state index in [0.717, 1.165) is 0 Å².